The summed E-state index contributed by atoms with van der Waals surface area (Å²) in [5, 5.41) is 0. The number of fused-ring (bicyclic) bond motifs is 1. The highest BCUT2D eigenvalue weighted by atomic mass is 16.3. The summed E-state index contributed by atoms with van der Waals surface area (Å²) in [6, 6.07) is 23.5. The van der Waals surface area contributed by atoms with Crippen LogP contribution in [-0.4, -0.2) is 40.2 Å². The van der Waals surface area contributed by atoms with E-state index in [0.29, 0.717) is 43.0 Å². The maximum Gasteiger partial charge on any atom is 0.257 e. The normalized spacial score (nSPS) is 15.6. The van der Waals surface area contributed by atoms with Crippen molar-refractivity contribution in [3.63, 3.8) is 0 Å². The van der Waals surface area contributed by atoms with Gasteiger partial charge in [0.1, 0.15) is 11.6 Å². The van der Waals surface area contributed by atoms with Crippen molar-refractivity contribution in [3.05, 3.63) is 84.4 Å². The Morgan fingerprint density at radius 3 is 2.44 bits per heavy atom. The van der Waals surface area contributed by atoms with Gasteiger partial charge in [-0.15, -0.1) is 0 Å². The second-order valence-corrected chi connectivity index (χ2v) is 8.89. The molecule has 1 fully saturated rings. The summed E-state index contributed by atoms with van der Waals surface area (Å²) in [5.41, 5.74) is 3.75. The lowest BCUT2D eigenvalue weighted by molar-refractivity contribution is -0.138. The van der Waals surface area contributed by atoms with E-state index in [-0.39, 0.29) is 24.1 Å². The minimum absolute atomic E-state index is 0.0179. The first-order chi connectivity index (χ1) is 17.5. The van der Waals surface area contributed by atoms with Crippen molar-refractivity contribution in [2.45, 2.75) is 38.6 Å². The van der Waals surface area contributed by atoms with Gasteiger partial charge in [-0.1, -0.05) is 49.4 Å². The van der Waals surface area contributed by atoms with Crippen LogP contribution in [0.3, 0.4) is 0 Å². The molecule has 36 heavy (non-hydrogen) atoms. The maximum absolute atomic E-state index is 13.4. The minimum Gasteiger partial charge on any atom is -0.436 e. The van der Waals surface area contributed by atoms with Crippen LogP contribution in [0.5, 0.6) is 0 Å². The van der Waals surface area contributed by atoms with E-state index in [2.05, 4.69) is 4.98 Å². The average molecular weight is 482 g/mol. The Balaban J connectivity index is 1.35. The molecule has 0 aliphatic carbocycles. The van der Waals surface area contributed by atoms with E-state index in [4.69, 9.17) is 4.42 Å². The standard InChI is InChI=1S/C29H27N3O4/c1-2-8-26(33)31(18-17-20-9-4-3-5-10-20)24-19-27(34)32(29(24)35)22-15-13-21(14-16-22)28-30-23-11-6-7-12-25(23)36-28/h3-7,9-16,24H,2,8,17-19H2,1H3. The highest BCUT2D eigenvalue weighted by Crippen LogP contribution is 2.30. The molecule has 5 rings (SSSR count). The second kappa shape index (κ2) is 10.2. The molecule has 1 aliphatic rings. The molecule has 0 saturated carbocycles. The largest absolute Gasteiger partial charge is 0.436 e. The molecule has 0 N–H and O–H groups in total. The highest BCUT2D eigenvalue weighted by Gasteiger charge is 2.44. The number of imide groups is 1. The van der Waals surface area contributed by atoms with Crippen molar-refractivity contribution in [3.8, 4) is 11.5 Å². The number of carbonyl (C=O) groups is 3. The first kappa shape index (κ1) is 23.5. The van der Waals surface area contributed by atoms with E-state index in [0.717, 1.165) is 16.6 Å². The number of para-hydroxylation sites is 2. The topological polar surface area (TPSA) is 83.7 Å². The quantitative estimate of drug-likeness (QED) is 0.331. The maximum atomic E-state index is 13.4. The van der Waals surface area contributed by atoms with Gasteiger partial charge >= 0.3 is 0 Å². The molecule has 0 spiro atoms. The Hall–Kier alpha value is -4.26. The van der Waals surface area contributed by atoms with Crippen LogP contribution >= 0.6 is 0 Å². The van der Waals surface area contributed by atoms with Gasteiger partial charge in [0.05, 0.1) is 12.1 Å². The fourth-order valence-corrected chi connectivity index (χ4v) is 4.59. The molecule has 1 unspecified atom stereocenters. The Labute approximate surface area is 209 Å². The third-order valence-corrected chi connectivity index (χ3v) is 6.43. The molecule has 7 heteroatoms. The lowest BCUT2D eigenvalue weighted by atomic mass is 10.1. The van der Waals surface area contributed by atoms with Crippen molar-refractivity contribution >= 4 is 34.5 Å². The first-order valence-corrected chi connectivity index (χ1v) is 12.2. The van der Waals surface area contributed by atoms with Crippen LogP contribution in [0.4, 0.5) is 5.69 Å². The predicted molar refractivity (Wildman–Crippen MR) is 137 cm³/mol. The van der Waals surface area contributed by atoms with Crippen LogP contribution in [0.25, 0.3) is 22.6 Å². The van der Waals surface area contributed by atoms with E-state index in [1.807, 2.05) is 61.5 Å². The molecule has 7 nitrogen and oxygen atoms in total. The Morgan fingerprint density at radius 1 is 1.00 bits per heavy atom. The van der Waals surface area contributed by atoms with Crippen molar-refractivity contribution in [2.24, 2.45) is 0 Å². The summed E-state index contributed by atoms with van der Waals surface area (Å²) in [5.74, 6) is -0.314. The molecule has 3 amide bonds. The van der Waals surface area contributed by atoms with E-state index in [1.165, 1.54) is 4.90 Å². The predicted octanol–water partition coefficient (Wildman–Crippen LogP) is 5.00. The van der Waals surface area contributed by atoms with Crippen molar-refractivity contribution in [2.75, 3.05) is 11.4 Å². The zero-order valence-electron chi connectivity index (χ0n) is 20.1. The molecule has 1 atom stereocenters. The van der Waals surface area contributed by atoms with Crippen molar-refractivity contribution in [1.82, 2.24) is 9.88 Å². The fraction of sp³-hybridized carbons (Fsp3) is 0.241. The van der Waals surface area contributed by atoms with Gasteiger partial charge in [-0.05, 0) is 54.8 Å². The van der Waals surface area contributed by atoms with Crippen LogP contribution in [-0.2, 0) is 20.8 Å². The van der Waals surface area contributed by atoms with E-state index >= 15 is 0 Å². The molecule has 0 radical (unpaired) electrons. The molecule has 182 valence electrons. The van der Waals surface area contributed by atoms with Crippen molar-refractivity contribution < 1.29 is 18.8 Å². The van der Waals surface area contributed by atoms with Gasteiger partial charge in [-0.3, -0.25) is 14.4 Å². The number of benzene rings is 3. The third kappa shape index (κ3) is 4.64. The van der Waals surface area contributed by atoms with Gasteiger partial charge in [-0.2, -0.15) is 0 Å². The Kier molecular flexibility index (Phi) is 6.62. The number of hydrogen-bond donors (Lipinski definition) is 0. The SMILES string of the molecule is CCCC(=O)N(CCc1ccccc1)C1CC(=O)N(c2ccc(-c3nc4ccccc4o3)cc2)C1=O. The van der Waals surface area contributed by atoms with Gasteiger partial charge < -0.3 is 9.32 Å². The molecule has 1 aliphatic heterocycles. The van der Waals surface area contributed by atoms with Gasteiger partial charge in [0.2, 0.25) is 17.7 Å². The van der Waals surface area contributed by atoms with Crippen LogP contribution in [0.1, 0.15) is 31.7 Å². The van der Waals surface area contributed by atoms with Gasteiger partial charge in [0.25, 0.3) is 5.91 Å². The minimum atomic E-state index is -0.794. The summed E-state index contributed by atoms with van der Waals surface area (Å²) in [4.78, 5) is 46.6. The second-order valence-electron chi connectivity index (χ2n) is 8.89. The lowest BCUT2D eigenvalue weighted by Crippen LogP contribution is -2.46. The van der Waals surface area contributed by atoms with Crippen LogP contribution < -0.4 is 4.90 Å². The molecular weight excluding hydrogens is 454 g/mol. The number of aromatic nitrogens is 1. The van der Waals surface area contributed by atoms with E-state index < -0.39 is 6.04 Å². The highest BCUT2D eigenvalue weighted by molar-refractivity contribution is 6.23. The smallest absolute Gasteiger partial charge is 0.257 e. The summed E-state index contributed by atoms with van der Waals surface area (Å²) >= 11 is 0. The van der Waals surface area contributed by atoms with E-state index in [9.17, 15) is 14.4 Å². The number of amides is 3. The van der Waals surface area contributed by atoms with Crippen LogP contribution in [0, 0.1) is 0 Å². The monoisotopic (exact) mass is 481 g/mol. The Bertz CT molecular complexity index is 1360. The molecule has 2 heterocycles. The van der Waals surface area contributed by atoms with Crippen molar-refractivity contribution in [1.29, 1.82) is 0 Å². The summed E-state index contributed by atoms with van der Waals surface area (Å²) in [6.45, 7) is 2.32. The zero-order chi connectivity index (χ0) is 25.1. The summed E-state index contributed by atoms with van der Waals surface area (Å²) < 4.78 is 5.82. The van der Waals surface area contributed by atoms with Gasteiger partial charge in [0.15, 0.2) is 5.58 Å². The average Bonchev–Trinajstić information content (AvgIpc) is 3.46. The van der Waals surface area contributed by atoms with Crippen LogP contribution in [0.2, 0.25) is 0 Å². The number of rotatable bonds is 8. The number of oxazole rings is 1. The first-order valence-electron chi connectivity index (χ1n) is 12.2. The Morgan fingerprint density at radius 2 is 1.72 bits per heavy atom. The van der Waals surface area contributed by atoms with Gasteiger partial charge in [0, 0.05) is 18.5 Å². The molecule has 1 aromatic heterocycles. The molecular formula is C29H27N3O4. The number of carbonyl (C=O) groups excluding carboxylic acids is 3. The zero-order valence-corrected chi connectivity index (χ0v) is 20.1. The van der Waals surface area contributed by atoms with Crippen LogP contribution in [0.15, 0.2) is 83.3 Å². The third-order valence-electron chi connectivity index (χ3n) is 6.43. The van der Waals surface area contributed by atoms with E-state index in [1.54, 1.807) is 29.2 Å². The lowest BCUT2D eigenvalue weighted by Gasteiger charge is -2.28. The van der Waals surface area contributed by atoms with Gasteiger partial charge in [-0.25, -0.2) is 9.88 Å². The molecule has 0 bridgehead atoms. The molecule has 1 saturated heterocycles. The summed E-state index contributed by atoms with van der Waals surface area (Å²) in [7, 11) is 0. The molecule has 4 aromatic rings. The molecule has 3 aromatic carbocycles. The number of hydrogen-bond acceptors (Lipinski definition) is 5. The number of anilines is 1. The fourth-order valence-electron chi connectivity index (χ4n) is 4.59. The number of nitrogens with zero attached hydrogens (tertiary/aromatic N) is 3. The summed E-state index contributed by atoms with van der Waals surface area (Å²) in [6.07, 6.45) is 1.62.